The SMILES string of the molecule is O=C(COc1ccc(OCc2ccccc2)cc1)N/N=C\c1c(OC(=O)c2ccccc2Cl)ccc2ccccc12. The fourth-order valence-electron chi connectivity index (χ4n) is 4.00. The van der Waals surface area contributed by atoms with Crippen LogP contribution in [0.2, 0.25) is 5.02 Å². The molecule has 0 saturated heterocycles. The summed E-state index contributed by atoms with van der Waals surface area (Å²) in [4.78, 5) is 25.2. The summed E-state index contributed by atoms with van der Waals surface area (Å²) in [7, 11) is 0. The number of fused-ring (bicyclic) bond motifs is 1. The molecule has 0 aliphatic heterocycles. The van der Waals surface area contributed by atoms with Gasteiger partial charge in [-0.1, -0.05) is 84.4 Å². The lowest BCUT2D eigenvalue weighted by Gasteiger charge is -2.11. The molecule has 0 heterocycles. The van der Waals surface area contributed by atoms with E-state index in [-0.39, 0.29) is 22.9 Å². The fraction of sp³-hybridized carbons (Fsp3) is 0.0606. The van der Waals surface area contributed by atoms with E-state index in [0.29, 0.717) is 23.7 Å². The van der Waals surface area contributed by atoms with Crippen LogP contribution in [-0.4, -0.2) is 24.7 Å². The minimum absolute atomic E-state index is 0.242. The smallest absolute Gasteiger partial charge is 0.345 e. The van der Waals surface area contributed by atoms with Crippen molar-refractivity contribution in [3.05, 3.63) is 137 Å². The Kier molecular flexibility index (Phi) is 8.88. The molecule has 5 aromatic carbocycles. The standard InChI is InChI=1S/C33H25ClN2O5/c34-30-13-7-6-12-28(30)33(38)41-31-19-14-24-10-4-5-11-27(24)29(31)20-35-36-32(37)22-40-26-17-15-25(16-18-26)39-21-23-8-2-1-3-9-23/h1-20H,21-22H2,(H,36,37)/b35-20-. The van der Waals surface area contributed by atoms with Crippen LogP contribution in [0.15, 0.2) is 120 Å². The van der Waals surface area contributed by atoms with Crippen LogP contribution in [0.25, 0.3) is 10.8 Å². The van der Waals surface area contributed by atoms with Crippen molar-refractivity contribution in [3.8, 4) is 17.2 Å². The van der Waals surface area contributed by atoms with Gasteiger partial charge in [0.25, 0.3) is 5.91 Å². The summed E-state index contributed by atoms with van der Waals surface area (Å²) in [5.41, 5.74) is 4.29. The highest BCUT2D eigenvalue weighted by atomic mass is 35.5. The second-order valence-corrected chi connectivity index (χ2v) is 9.30. The Morgan fingerprint density at radius 1 is 0.756 bits per heavy atom. The van der Waals surface area contributed by atoms with E-state index < -0.39 is 11.9 Å². The Morgan fingerprint density at radius 2 is 1.44 bits per heavy atom. The van der Waals surface area contributed by atoms with Gasteiger partial charge in [-0.3, -0.25) is 4.79 Å². The fourth-order valence-corrected chi connectivity index (χ4v) is 4.22. The van der Waals surface area contributed by atoms with Gasteiger partial charge in [-0.15, -0.1) is 0 Å². The number of hydrogen-bond acceptors (Lipinski definition) is 6. The number of carbonyl (C=O) groups is 2. The zero-order valence-electron chi connectivity index (χ0n) is 21.8. The molecule has 8 heteroatoms. The van der Waals surface area contributed by atoms with Gasteiger partial charge in [0, 0.05) is 5.56 Å². The molecule has 7 nitrogen and oxygen atoms in total. The third-order valence-corrected chi connectivity index (χ3v) is 6.38. The second-order valence-electron chi connectivity index (χ2n) is 8.90. The third kappa shape index (κ3) is 7.29. The topological polar surface area (TPSA) is 86.2 Å². The first-order chi connectivity index (χ1) is 20.1. The molecule has 0 spiro atoms. The number of hydrazone groups is 1. The molecule has 0 aliphatic rings. The van der Waals surface area contributed by atoms with E-state index in [1.165, 1.54) is 6.21 Å². The van der Waals surface area contributed by atoms with E-state index in [4.69, 9.17) is 25.8 Å². The van der Waals surface area contributed by atoms with E-state index in [2.05, 4.69) is 10.5 Å². The average Bonchev–Trinajstić information content (AvgIpc) is 3.01. The molecule has 0 unspecified atom stereocenters. The van der Waals surface area contributed by atoms with E-state index in [9.17, 15) is 9.59 Å². The number of hydrogen-bond donors (Lipinski definition) is 1. The second kappa shape index (κ2) is 13.3. The van der Waals surface area contributed by atoms with Crippen LogP contribution in [0.4, 0.5) is 0 Å². The van der Waals surface area contributed by atoms with Gasteiger partial charge in [-0.25, -0.2) is 10.2 Å². The van der Waals surface area contributed by atoms with Crippen molar-refractivity contribution in [1.82, 2.24) is 5.43 Å². The van der Waals surface area contributed by atoms with Crippen molar-refractivity contribution in [3.63, 3.8) is 0 Å². The minimum Gasteiger partial charge on any atom is -0.489 e. The molecule has 0 saturated carbocycles. The lowest BCUT2D eigenvalue weighted by Crippen LogP contribution is -2.24. The Bertz CT molecular complexity index is 1690. The molecule has 0 aromatic heterocycles. The zero-order chi connectivity index (χ0) is 28.4. The summed E-state index contributed by atoms with van der Waals surface area (Å²) in [5, 5.41) is 6.08. The summed E-state index contributed by atoms with van der Waals surface area (Å²) in [5.74, 6) is 0.419. The van der Waals surface area contributed by atoms with Crippen molar-refractivity contribution >= 4 is 40.5 Å². The summed E-state index contributed by atoms with van der Waals surface area (Å²) < 4.78 is 17.0. The van der Waals surface area contributed by atoms with E-state index >= 15 is 0 Å². The van der Waals surface area contributed by atoms with Crippen molar-refractivity contribution < 1.29 is 23.8 Å². The number of nitrogens with zero attached hydrogens (tertiary/aromatic N) is 1. The number of nitrogens with one attached hydrogen (secondary N) is 1. The van der Waals surface area contributed by atoms with Gasteiger partial charge >= 0.3 is 5.97 Å². The maximum absolute atomic E-state index is 12.8. The average molecular weight is 565 g/mol. The Hall–Kier alpha value is -5.14. The van der Waals surface area contributed by atoms with Crippen molar-refractivity contribution in [1.29, 1.82) is 0 Å². The number of ether oxygens (including phenoxy) is 3. The molecule has 0 bridgehead atoms. The Labute approximate surface area is 241 Å². The van der Waals surface area contributed by atoms with Gasteiger partial charge in [0.15, 0.2) is 6.61 Å². The molecule has 0 radical (unpaired) electrons. The van der Waals surface area contributed by atoms with Crippen molar-refractivity contribution in [2.45, 2.75) is 6.61 Å². The highest BCUT2D eigenvalue weighted by Gasteiger charge is 2.16. The third-order valence-electron chi connectivity index (χ3n) is 6.05. The molecule has 0 fully saturated rings. The molecule has 1 amide bonds. The zero-order valence-corrected chi connectivity index (χ0v) is 22.6. The first kappa shape index (κ1) is 27.4. The molecule has 41 heavy (non-hydrogen) atoms. The molecule has 1 N–H and O–H groups in total. The molecular weight excluding hydrogens is 540 g/mol. The number of amides is 1. The summed E-state index contributed by atoms with van der Waals surface area (Å²) in [6.45, 7) is 0.213. The number of esters is 1. The molecule has 0 aliphatic carbocycles. The highest BCUT2D eigenvalue weighted by Crippen LogP contribution is 2.28. The molecule has 5 aromatic rings. The van der Waals surface area contributed by atoms with Gasteiger partial charge in [-0.2, -0.15) is 5.10 Å². The molecule has 0 atom stereocenters. The van der Waals surface area contributed by atoms with E-state index in [0.717, 1.165) is 16.3 Å². The summed E-state index contributed by atoms with van der Waals surface area (Å²) in [6, 6.07) is 34.6. The summed E-state index contributed by atoms with van der Waals surface area (Å²) in [6.07, 6.45) is 1.44. The van der Waals surface area contributed by atoms with E-state index in [1.54, 1.807) is 54.6 Å². The predicted molar refractivity (Wildman–Crippen MR) is 159 cm³/mol. The quantitative estimate of drug-likeness (QED) is 0.0870. The number of carbonyl (C=O) groups excluding carboxylic acids is 2. The lowest BCUT2D eigenvalue weighted by molar-refractivity contribution is -0.123. The highest BCUT2D eigenvalue weighted by molar-refractivity contribution is 6.33. The van der Waals surface area contributed by atoms with E-state index in [1.807, 2.05) is 60.7 Å². The van der Waals surface area contributed by atoms with Crippen LogP contribution < -0.4 is 19.6 Å². The normalized spacial score (nSPS) is 10.9. The molecule has 204 valence electrons. The van der Waals surface area contributed by atoms with Gasteiger partial charge < -0.3 is 14.2 Å². The number of rotatable bonds is 10. The van der Waals surface area contributed by atoms with Crippen molar-refractivity contribution in [2.75, 3.05) is 6.61 Å². The van der Waals surface area contributed by atoms with Gasteiger partial charge in [0.1, 0.15) is 23.9 Å². The summed E-state index contributed by atoms with van der Waals surface area (Å²) >= 11 is 6.16. The van der Waals surface area contributed by atoms with Crippen LogP contribution in [-0.2, 0) is 11.4 Å². The first-order valence-corrected chi connectivity index (χ1v) is 13.1. The van der Waals surface area contributed by atoms with Crippen LogP contribution in [0.5, 0.6) is 17.2 Å². The maximum atomic E-state index is 12.8. The molecule has 5 rings (SSSR count). The monoisotopic (exact) mass is 564 g/mol. The largest absolute Gasteiger partial charge is 0.489 e. The number of benzene rings is 5. The minimum atomic E-state index is -0.602. The predicted octanol–water partition coefficient (Wildman–Crippen LogP) is 6.82. The van der Waals surface area contributed by atoms with Gasteiger partial charge in [0.05, 0.1) is 16.8 Å². The van der Waals surface area contributed by atoms with Gasteiger partial charge in [-0.05, 0) is 58.8 Å². The van der Waals surface area contributed by atoms with Crippen LogP contribution in [0.1, 0.15) is 21.5 Å². The van der Waals surface area contributed by atoms with Gasteiger partial charge in [0.2, 0.25) is 0 Å². The molecular formula is C33H25ClN2O5. The van der Waals surface area contributed by atoms with Crippen LogP contribution >= 0.6 is 11.6 Å². The lowest BCUT2D eigenvalue weighted by atomic mass is 10.0. The van der Waals surface area contributed by atoms with Crippen LogP contribution in [0.3, 0.4) is 0 Å². The number of halogens is 1. The first-order valence-electron chi connectivity index (χ1n) is 12.8. The van der Waals surface area contributed by atoms with Crippen molar-refractivity contribution in [2.24, 2.45) is 5.10 Å². The maximum Gasteiger partial charge on any atom is 0.345 e. The Morgan fingerprint density at radius 3 is 2.22 bits per heavy atom. The van der Waals surface area contributed by atoms with Crippen LogP contribution in [0, 0.1) is 0 Å². The Balaban J connectivity index is 1.20.